The van der Waals surface area contributed by atoms with Crippen LogP contribution in [0.5, 0.6) is 0 Å². The molecule has 2 aromatic heterocycles. The van der Waals surface area contributed by atoms with Crippen molar-refractivity contribution in [3.63, 3.8) is 0 Å². The fourth-order valence-electron chi connectivity index (χ4n) is 3.02. The van der Waals surface area contributed by atoms with E-state index in [4.69, 9.17) is 10.3 Å². The van der Waals surface area contributed by atoms with Crippen LogP contribution in [-0.2, 0) is 4.79 Å². The number of para-hydroxylation sites is 1. The summed E-state index contributed by atoms with van der Waals surface area (Å²) in [6, 6.07) is 13.8. The first-order valence-corrected chi connectivity index (χ1v) is 9.66. The van der Waals surface area contributed by atoms with Crippen LogP contribution in [0.4, 0.5) is 5.69 Å². The molecule has 2 N–H and O–H groups in total. The number of carbonyl (C=O) groups is 1. The predicted molar refractivity (Wildman–Crippen MR) is 104 cm³/mol. The van der Waals surface area contributed by atoms with Crippen molar-refractivity contribution in [2.24, 2.45) is 0 Å². The zero-order valence-corrected chi connectivity index (χ0v) is 15.5. The molecule has 0 spiro atoms. The smallest absolute Gasteiger partial charge is 0.233 e. The molecule has 27 heavy (non-hydrogen) atoms. The lowest BCUT2D eigenvalue weighted by molar-refractivity contribution is -0.128. The number of aromatic nitrogens is 3. The van der Waals surface area contributed by atoms with Gasteiger partial charge in [-0.25, -0.2) is 4.68 Å². The van der Waals surface area contributed by atoms with Gasteiger partial charge in [-0.2, -0.15) is 0 Å². The van der Waals surface area contributed by atoms with E-state index >= 15 is 0 Å². The molecule has 1 saturated heterocycles. The summed E-state index contributed by atoms with van der Waals surface area (Å²) in [4.78, 5) is 16.7. The average molecular weight is 384 g/mol. The van der Waals surface area contributed by atoms with E-state index in [9.17, 15) is 4.79 Å². The summed E-state index contributed by atoms with van der Waals surface area (Å²) < 4.78 is 6.64. The van der Waals surface area contributed by atoms with Gasteiger partial charge in [-0.15, -0.1) is 10.2 Å². The number of anilines is 1. The molecule has 9 heteroatoms. The van der Waals surface area contributed by atoms with Crippen LogP contribution in [0, 0.1) is 0 Å². The maximum Gasteiger partial charge on any atom is 0.233 e. The van der Waals surface area contributed by atoms with Gasteiger partial charge >= 0.3 is 0 Å². The molecule has 1 aromatic carbocycles. The van der Waals surface area contributed by atoms with Gasteiger partial charge in [0.05, 0.1) is 12.0 Å². The Morgan fingerprint density at radius 3 is 2.56 bits per heavy atom. The van der Waals surface area contributed by atoms with Crippen molar-refractivity contribution >= 4 is 23.4 Å². The van der Waals surface area contributed by atoms with Gasteiger partial charge in [-0.3, -0.25) is 4.79 Å². The molecule has 0 radical (unpaired) electrons. The molecule has 140 valence electrons. The molecule has 1 aliphatic heterocycles. The molecule has 4 rings (SSSR count). The molecule has 0 saturated carbocycles. The fraction of sp³-hybridized carbons (Fsp3) is 0.278. The van der Waals surface area contributed by atoms with Crippen LogP contribution in [0.3, 0.4) is 0 Å². The Labute approximate surface area is 160 Å². The molecule has 8 nitrogen and oxygen atoms in total. The first-order valence-electron chi connectivity index (χ1n) is 8.67. The average Bonchev–Trinajstić information content (AvgIpc) is 3.37. The lowest BCUT2D eigenvalue weighted by Crippen LogP contribution is -2.49. The SMILES string of the molecule is Nn1c(SCC(=O)N2CCN(c3ccccc3)CC2)nnc1-c1ccco1. The van der Waals surface area contributed by atoms with Crippen molar-refractivity contribution in [2.45, 2.75) is 5.16 Å². The van der Waals surface area contributed by atoms with Crippen LogP contribution in [0.25, 0.3) is 11.6 Å². The summed E-state index contributed by atoms with van der Waals surface area (Å²) in [6.45, 7) is 3.08. The van der Waals surface area contributed by atoms with Crippen LogP contribution >= 0.6 is 11.8 Å². The van der Waals surface area contributed by atoms with E-state index in [-0.39, 0.29) is 11.7 Å². The third-order valence-corrected chi connectivity index (χ3v) is 5.41. The van der Waals surface area contributed by atoms with Gasteiger partial charge in [-0.1, -0.05) is 30.0 Å². The number of benzene rings is 1. The van der Waals surface area contributed by atoms with E-state index in [0.29, 0.717) is 29.8 Å². The molecule has 0 aliphatic carbocycles. The molecule has 0 bridgehead atoms. The second kappa shape index (κ2) is 7.75. The summed E-state index contributed by atoms with van der Waals surface area (Å²) in [5.41, 5.74) is 1.20. The number of nitrogens with two attached hydrogens (primary N) is 1. The Balaban J connectivity index is 1.31. The highest BCUT2D eigenvalue weighted by Gasteiger charge is 2.22. The van der Waals surface area contributed by atoms with Crippen LogP contribution in [0.1, 0.15) is 0 Å². The zero-order chi connectivity index (χ0) is 18.6. The van der Waals surface area contributed by atoms with Gasteiger partial charge in [0.15, 0.2) is 5.76 Å². The Hall–Kier alpha value is -2.94. The van der Waals surface area contributed by atoms with Crippen LogP contribution in [0.2, 0.25) is 0 Å². The number of carbonyl (C=O) groups excluding carboxylic acids is 1. The first kappa shape index (κ1) is 17.5. The minimum Gasteiger partial charge on any atom is -0.461 e. The standard InChI is InChI=1S/C18H20N6O2S/c19-24-17(15-7-4-12-26-15)20-21-18(24)27-13-16(25)23-10-8-22(9-11-23)14-5-2-1-3-6-14/h1-7,12H,8-11,13,19H2. The Bertz CT molecular complexity index is 888. The van der Waals surface area contributed by atoms with Gasteiger partial charge in [0, 0.05) is 31.9 Å². The van der Waals surface area contributed by atoms with Gasteiger partial charge in [0.2, 0.25) is 16.9 Å². The molecule has 1 amide bonds. The normalized spacial score (nSPS) is 14.5. The summed E-state index contributed by atoms with van der Waals surface area (Å²) in [7, 11) is 0. The third-order valence-electron chi connectivity index (χ3n) is 4.48. The molecular weight excluding hydrogens is 364 g/mol. The monoisotopic (exact) mass is 384 g/mol. The maximum absolute atomic E-state index is 12.5. The van der Waals surface area contributed by atoms with E-state index in [1.807, 2.05) is 23.1 Å². The number of piperazine rings is 1. The number of hydrogen-bond donors (Lipinski definition) is 1. The predicted octanol–water partition coefficient (Wildman–Crippen LogP) is 1.69. The van der Waals surface area contributed by atoms with E-state index in [1.165, 1.54) is 22.1 Å². The number of nitrogens with zero attached hydrogens (tertiary/aromatic N) is 5. The van der Waals surface area contributed by atoms with Crippen LogP contribution in [-0.4, -0.2) is 57.6 Å². The summed E-state index contributed by atoms with van der Waals surface area (Å²) in [5.74, 6) is 7.35. The molecule has 3 heterocycles. The minimum absolute atomic E-state index is 0.0789. The van der Waals surface area contributed by atoms with Crippen molar-refractivity contribution < 1.29 is 9.21 Å². The van der Waals surface area contributed by atoms with Gasteiger partial charge in [-0.05, 0) is 24.3 Å². The fourth-order valence-corrected chi connectivity index (χ4v) is 3.78. The molecule has 1 fully saturated rings. The largest absolute Gasteiger partial charge is 0.461 e. The molecular formula is C18H20N6O2S. The Morgan fingerprint density at radius 1 is 1.07 bits per heavy atom. The second-order valence-electron chi connectivity index (χ2n) is 6.15. The highest BCUT2D eigenvalue weighted by molar-refractivity contribution is 7.99. The first-order chi connectivity index (χ1) is 13.2. The lowest BCUT2D eigenvalue weighted by Gasteiger charge is -2.36. The summed E-state index contributed by atoms with van der Waals surface area (Å²) in [6.07, 6.45) is 1.55. The number of hydrogen-bond acceptors (Lipinski definition) is 7. The van der Waals surface area contributed by atoms with E-state index in [1.54, 1.807) is 18.4 Å². The highest BCUT2D eigenvalue weighted by Crippen LogP contribution is 2.22. The highest BCUT2D eigenvalue weighted by atomic mass is 32.2. The molecule has 0 atom stereocenters. The van der Waals surface area contributed by atoms with E-state index in [0.717, 1.165) is 13.1 Å². The Kier molecular flexibility index (Phi) is 5.01. The van der Waals surface area contributed by atoms with E-state index < -0.39 is 0 Å². The number of nitrogen functional groups attached to an aromatic ring is 1. The molecule has 3 aromatic rings. The number of rotatable bonds is 5. The van der Waals surface area contributed by atoms with Crippen molar-refractivity contribution in [3.8, 4) is 11.6 Å². The summed E-state index contributed by atoms with van der Waals surface area (Å²) >= 11 is 1.28. The maximum atomic E-state index is 12.5. The molecule has 1 aliphatic rings. The third kappa shape index (κ3) is 3.77. The second-order valence-corrected chi connectivity index (χ2v) is 7.09. The van der Waals surface area contributed by atoms with Crippen LogP contribution < -0.4 is 10.7 Å². The summed E-state index contributed by atoms with van der Waals surface area (Å²) in [5, 5.41) is 8.57. The van der Waals surface area contributed by atoms with Crippen LogP contribution in [0.15, 0.2) is 58.3 Å². The molecule has 0 unspecified atom stereocenters. The van der Waals surface area contributed by atoms with Crippen molar-refractivity contribution in [3.05, 3.63) is 48.7 Å². The van der Waals surface area contributed by atoms with Crippen molar-refractivity contribution in [1.82, 2.24) is 19.8 Å². The number of furan rings is 1. The van der Waals surface area contributed by atoms with Crippen molar-refractivity contribution in [1.29, 1.82) is 0 Å². The van der Waals surface area contributed by atoms with Crippen molar-refractivity contribution in [2.75, 3.05) is 42.7 Å². The van der Waals surface area contributed by atoms with Gasteiger partial charge in [0.25, 0.3) is 0 Å². The Morgan fingerprint density at radius 2 is 1.85 bits per heavy atom. The minimum atomic E-state index is 0.0789. The van der Waals surface area contributed by atoms with E-state index in [2.05, 4.69) is 27.2 Å². The lowest BCUT2D eigenvalue weighted by atomic mass is 10.2. The van der Waals surface area contributed by atoms with Gasteiger partial charge < -0.3 is 20.1 Å². The number of amides is 1. The zero-order valence-electron chi connectivity index (χ0n) is 14.7. The van der Waals surface area contributed by atoms with Gasteiger partial charge in [0.1, 0.15) is 0 Å². The number of thioether (sulfide) groups is 1. The quantitative estimate of drug-likeness (QED) is 0.528. The topological polar surface area (TPSA) is 93.4 Å².